The summed E-state index contributed by atoms with van der Waals surface area (Å²) in [7, 11) is -2.64. The molecule has 2 aromatic carbocycles. The Labute approximate surface area is 205 Å². The summed E-state index contributed by atoms with van der Waals surface area (Å²) >= 11 is 6.05. The van der Waals surface area contributed by atoms with Crippen LogP contribution in [-0.4, -0.2) is 68.3 Å². The summed E-state index contributed by atoms with van der Waals surface area (Å²) in [5.41, 5.74) is 5.97. The highest BCUT2D eigenvalue weighted by Crippen LogP contribution is 2.30. The van der Waals surface area contributed by atoms with E-state index < -0.39 is 22.0 Å². The number of methoxy groups -OCH3 is 1. The zero-order valence-corrected chi connectivity index (χ0v) is 20.7. The fraction of sp³-hybridized carbons (Fsp3) is 0.500. The third kappa shape index (κ3) is 5.22. The van der Waals surface area contributed by atoms with Crippen molar-refractivity contribution in [3.8, 4) is 0 Å². The number of sulfonamides is 1. The van der Waals surface area contributed by atoms with Crippen LogP contribution in [0.1, 0.15) is 32.1 Å². The molecule has 2 aromatic rings. The highest BCUT2D eigenvalue weighted by molar-refractivity contribution is 7.89. The second-order valence-corrected chi connectivity index (χ2v) is 11.4. The summed E-state index contributed by atoms with van der Waals surface area (Å²) < 4.78 is 33.4. The molecule has 0 spiro atoms. The SMILES string of the molecule is COC(=O)CC1CN(C(=O)C2CCC(N)CC2)CCN1S(=O)(=O)c1ccc2cc(Cl)ccc2c1. The molecule has 0 radical (unpaired) electrons. The Morgan fingerprint density at radius 1 is 1.06 bits per heavy atom. The topological polar surface area (TPSA) is 110 Å². The molecule has 2 N–H and O–H groups in total. The lowest BCUT2D eigenvalue weighted by Crippen LogP contribution is -2.58. The van der Waals surface area contributed by atoms with Crippen molar-refractivity contribution in [2.45, 2.75) is 49.1 Å². The van der Waals surface area contributed by atoms with Gasteiger partial charge in [-0.2, -0.15) is 4.31 Å². The van der Waals surface area contributed by atoms with Crippen LogP contribution in [0.15, 0.2) is 41.3 Å². The Morgan fingerprint density at radius 2 is 1.74 bits per heavy atom. The monoisotopic (exact) mass is 507 g/mol. The highest BCUT2D eigenvalue weighted by atomic mass is 35.5. The number of fused-ring (bicyclic) bond motifs is 1. The van der Waals surface area contributed by atoms with Crippen molar-refractivity contribution in [2.24, 2.45) is 11.7 Å². The largest absolute Gasteiger partial charge is 0.469 e. The number of hydrogen-bond donors (Lipinski definition) is 1. The Bertz CT molecular complexity index is 1180. The van der Waals surface area contributed by atoms with E-state index in [0.717, 1.165) is 36.5 Å². The summed E-state index contributed by atoms with van der Waals surface area (Å²) in [6.45, 7) is 0.543. The zero-order chi connectivity index (χ0) is 24.5. The van der Waals surface area contributed by atoms with Crippen LogP contribution in [-0.2, 0) is 24.3 Å². The fourth-order valence-corrected chi connectivity index (χ4v) is 6.74. The average molecular weight is 508 g/mol. The molecular weight excluding hydrogens is 478 g/mol. The average Bonchev–Trinajstić information content (AvgIpc) is 2.83. The van der Waals surface area contributed by atoms with Gasteiger partial charge in [0.25, 0.3) is 0 Å². The molecule has 2 fully saturated rings. The summed E-state index contributed by atoms with van der Waals surface area (Å²) in [6, 6.07) is 9.56. The fourth-order valence-electron chi connectivity index (χ4n) is 4.91. The van der Waals surface area contributed by atoms with Crippen molar-refractivity contribution in [1.29, 1.82) is 0 Å². The predicted molar refractivity (Wildman–Crippen MR) is 130 cm³/mol. The molecule has 1 heterocycles. The number of piperazine rings is 1. The molecule has 1 saturated heterocycles. The number of halogens is 1. The number of benzene rings is 2. The number of hydrogen-bond acceptors (Lipinski definition) is 6. The van der Waals surface area contributed by atoms with Crippen LogP contribution in [0, 0.1) is 5.92 Å². The summed E-state index contributed by atoms with van der Waals surface area (Å²) in [5, 5.41) is 2.15. The van der Waals surface area contributed by atoms with E-state index >= 15 is 0 Å². The van der Waals surface area contributed by atoms with E-state index in [4.69, 9.17) is 22.1 Å². The van der Waals surface area contributed by atoms with Gasteiger partial charge >= 0.3 is 5.97 Å². The summed E-state index contributed by atoms with van der Waals surface area (Å²) in [6.07, 6.45) is 2.97. The van der Waals surface area contributed by atoms with Crippen LogP contribution in [0.25, 0.3) is 10.8 Å². The number of esters is 1. The second kappa shape index (κ2) is 10.2. The lowest BCUT2D eigenvalue weighted by Gasteiger charge is -2.41. The van der Waals surface area contributed by atoms with Gasteiger partial charge in [-0.15, -0.1) is 0 Å². The van der Waals surface area contributed by atoms with Gasteiger partial charge in [0.05, 0.1) is 24.5 Å². The van der Waals surface area contributed by atoms with Gasteiger partial charge in [0.15, 0.2) is 0 Å². The van der Waals surface area contributed by atoms with Crippen LogP contribution in [0.4, 0.5) is 0 Å². The number of nitrogens with zero attached hydrogens (tertiary/aromatic N) is 2. The van der Waals surface area contributed by atoms with E-state index in [-0.39, 0.29) is 48.8 Å². The smallest absolute Gasteiger partial charge is 0.307 e. The molecule has 2 aliphatic rings. The molecular formula is C24H30ClN3O5S. The maximum atomic E-state index is 13.6. The maximum Gasteiger partial charge on any atom is 0.307 e. The van der Waals surface area contributed by atoms with Crippen molar-refractivity contribution in [2.75, 3.05) is 26.7 Å². The number of nitrogens with two attached hydrogens (primary N) is 1. The van der Waals surface area contributed by atoms with Gasteiger partial charge in [0.1, 0.15) is 0 Å². The number of carbonyl (C=O) groups is 2. The van der Waals surface area contributed by atoms with Gasteiger partial charge in [-0.25, -0.2) is 8.42 Å². The Balaban J connectivity index is 1.58. The lowest BCUT2D eigenvalue weighted by atomic mass is 9.85. The van der Waals surface area contributed by atoms with E-state index in [1.807, 2.05) is 0 Å². The van der Waals surface area contributed by atoms with Gasteiger partial charge in [-0.05, 0) is 60.7 Å². The highest BCUT2D eigenvalue weighted by Gasteiger charge is 2.40. The van der Waals surface area contributed by atoms with Crippen LogP contribution in [0.2, 0.25) is 5.02 Å². The normalized spacial score (nSPS) is 24.2. The van der Waals surface area contributed by atoms with Crippen LogP contribution >= 0.6 is 11.6 Å². The molecule has 10 heteroatoms. The first-order valence-electron chi connectivity index (χ1n) is 11.5. The van der Waals surface area contributed by atoms with E-state index in [0.29, 0.717) is 5.02 Å². The first kappa shape index (κ1) is 24.9. The quantitative estimate of drug-likeness (QED) is 0.623. The first-order valence-corrected chi connectivity index (χ1v) is 13.3. The van der Waals surface area contributed by atoms with E-state index in [2.05, 4.69) is 0 Å². The second-order valence-electron chi connectivity index (χ2n) is 9.10. The van der Waals surface area contributed by atoms with Crippen LogP contribution in [0.3, 0.4) is 0 Å². The van der Waals surface area contributed by atoms with Gasteiger partial charge in [0, 0.05) is 36.6 Å². The van der Waals surface area contributed by atoms with Crippen LogP contribution < -0.4 is 5.73 Å². The van der Waals surface area contributed by atoms with E-state index in [1.165, 1.54) is 11.4 Å². The standard InChI is InChI=1S/C24H30ClN3O5S/c1-33-23(29)14-21-15-27(24(30)16-3-7-20(26)8-4-16)10-11-28(21)34(31,32)22-9-5-17-12-19(25)6-2-18(17)13-22/h2,5-6,9,12-13,16,20-21H,3-4,7-8,10-11,14-15,26H2,1H3. The molecule has 1 atom stereocenters. The Morgan fingerprint density at radius 3 is 2.44 bits per heavy atom. The minimum Gasteiger partial charge on any atom is -0.469 e. The minimum absolute atomic E-state index is 0.0152. The molecule has 0 bridgehead atoms. The number of rotatable bonds is 5. The van der Waals surface area contributed by atoms with Crippen LogP contribution in [0.5, 0.6) is 0 Å². The molecule has 1 amide bonds. The van der Waals surface area contributed by atoms with E-state index in [1.54, 1.807) is 41.3 Å². The van der Waals surface area contributed by atoms with Crippen molar-refractivity contribution < 1.29 is 22.7 Å². The van der Waals surface area contributed by atoms with Gasteiger partial charge in [-0.3, -0.25) is 9.59 Å². The molecule has 1 aliphatic carbocycles. The zero-order valence-electron chi connectivity index (χ0n) is 19.2. The van der Waals surface area contributed by atoms with Crippen molar-refractivity contribution in [3.05, 3.63) is 41.4 Å². The Kier molecular flexibility index (Phi) is 7.47. The molecule has 1 saturated carbocycles. The molecule has 184 valence electrons. The maximum absolute atomic E-state index is 13.6. The van der Waals surface area contributed by atoms with E-state index in [9.17, 15) is 18.0 Å². The third-order valence-electron chi connectivity index (χ3n) is 6.87. The minimum atomic E-state index is -3.91. The van der Waals surface area contributed by atoms with Crippen molar-refractivity contribution in [1.82, 2.24) is 9.21 Å². The van der Waals surface area contributed by atoms with Gasteiger partial charge in [-0.1, -0.05) is 23.7 Å². The van der Waals surface area contributed by atoms with Crippen molar-refractivity contribution in [3.63, 3.8) is 0 Å². The lowest BCUT2D eigenvalue weighted by molar-refractivity contribution is -0.145. The molecule has 4 rings (SSSR count). The molecule has 34 heavy (non-hydrogen) atoms. The predicted octanol–water partition coefficient (Wildman–Crippen LogP) is 2.78. The summed E-state index contributed by atoms with van der Waals surface area (Å²) in [4.78, 5) is 27.1. The van der Waals surface area contributed by atoms with Crippen molar-refractivity contribution >= 4 is 44.3 Å². The van der Waals surface area contributed by atoms with Gasteiger partial charge < -0.3 is 15.4 Å². The summed E-state index contributed by atoms with van der Waals surface area (Å²) in [5.74, 6) is -0.605. The molecule has 8 nitrogen and oxygen atoms in total. The Hall–Kier alpha value is -2.20. The number of ether oxygens (including phenoxy) is 1. The van der Waals surface area contributed by atoms with Gasteiger partial charge in [0.2, 0.25) is 15.9 Å². The molecule has 1 aliphatic heterocycles. The molecule has 0 aromatic heterocycles. The molecule has 1 unspecified atom stereocenters. The first-order chi connectivity index (χ1) is 16.2. The number of carbonyl (C=O) groups excluding carboxylic acids is 2. The number of amides is 1. The third-order valence-corrected chi connectivity index (χ3v) is 9.05.